The van der Waals surface area contributed by atoms with Gasteiger partial charge in [0.2, 0.25) is 9.84 Å². The molecule has 0 bridgehead atoms. The van der Waals surface area contributed by atoms with Crippen molar-refractivity contribution in [3.05, 3.63) is 54.1 Å². The Morgan fingerprint density at radius 3 is 2.00 bits per heavy atom. The van der Waals surface area contributed by atoms with Crippen LogP contribution in [0, 0.1) is 0 Å². The molecule has 0 aliphatic heterocycles. The van der Waals surface area contributed by atoms with E-state index in [1.54, 1.807) is 6.92 Å². The van der Waals surface area contributed by atoms with Crippen LogP contribution >= 0.6 is 7.60 Å². The normalized spacial score (nSPS) is 15.5. The Kier molecular flexibility index (Phi) is 6.06. The number of phenols is 1. The molecule has 0 saturated carbocycles. The lowest BCUT2D eigenvalue weighted by atomic mass is 10.2. The van der Waals surface area contributed by atoms with Gasteiger partial charge in [-0.25, -0.2) is 8.42 Å². The van der Waals surface area contributed by atoms with Crippen molar-refractivity contribution in [3.63, 3.8) is 0 Å². The van der Waals surface area contributed by atoms with Crippen molar-refractivity contribution in [2.24, 2.45) is 0 Å². The van der Waals surface area contributed by atoms with Crippen molar-refractivity contribution in [3.8, 4) is 5.75 Å². The smallest absolute Gasteiger partial charge is 0.332 e. The van der Waals surface area contributed by atoms with Gasteiger partial charge in [0.25, 0.3) is 0 Å². The number of aromatic hydroxyl groups is 1. The molecular formula is C17H21O6PS. The average molecular weight is 384 g/mol. The Balaban J connectivity index is 2.19. The van der Waals surface area contributed by atoms with Gasteiger partial charge >= 0.3 is 7.60 Å². The molecule has 0 aliphatic rings. The van der Waals surface area contributed by atoms with E-state index in [1.807, 2.05) is 6.92 Å². The topological polar surface area (TPSA) is 101 Å². The Morgan fingerprint density at radius 2 is 1.52 bits per heavy atom. The molecular weight excluding hydrogens is 363 g/mol. The van der Waals surface area contributed by atoms with E-state index in [-0.39, 0.29) is 27.8 Å². The van der Waals surface area contributed by atoms with Crippen molar-refractivity contribution < 1.29 is 27.5 Å². The van der Waals surface area contributed by atoms with Crippen LogP contribution in [-0.4, -0.2) is 24.5 Å². The van der Waals surface area contributed by atoms with E-state index >= 15 is 0 Å². The predicted octanol–water partition coefficient (Wildman–Crippen LogP) is 3.73. The van der Waals surface area contributed by atoms with Crippen molar-refractivity contribution >= 4 is 17.4 Å². The van der Waals surface area contributed by atoms with Crippen LogP contribution in [-0.2, 0) is 25.1 Å². The Morgan fingerprint density at radius 1 is 1.04 bits per heavy atom. The molecule has 0 spiro atoms. The van der Waals surface area contributed by atoms with Crippen LogP contribution in [0.1, 0.15) is 25.8 Å². The summed E-state index contributed by atoms with van der Waals surface area (Å²) in [6, 6.07) is 11.0. The molecule has 0 radical (unpaired) electrons. The van der Waals surface area contributed by atoms with E-state index in [2.05, 4.69) is 0 Å². The molecule has 0 saturated heterocycles. The van der Waals surface area contributed by atoms with E-state index in [4.69, 9.17) is 4.52 Å². The lowest BCUT2D eigenvalue weighted by Crippen LogP contribution is -2.06. The maximum atomic E-state index is 12.5. The summed E-state index contributed by atoms with van der Waals surface area (Å²) in [6.45, 7) is 3.57. The summed E-state index contributed by atoms with van der Waals surface area (Å²) in [4.78, 5) is 10.0. The average Bonchev–Trinajstić information content (AvgIpc) is 2.54. The molecule has 0 aliphatic carbocycles. The van der Waals surface area contributed by atoms with E-state index in [9.17, 15) is 23.0 Å². The number of sulfone groups is 1. The third-order valence-electron chi connectivity index (χ3n) is 3.68. The lowest BCUT2D eigenvalue weighted by Gasteiger charge is -2.16. The largest absolute Gasteiger partial charge is 0.508 e. The third-order valence-corrected chi connectivity index (χ3v) is 6.92. The molecule has 25 heavy (non-hydrogen) atoms. The number of rotatable bonds is 7. The molecule has 2 aromatic rings. The van der Waals surface area contributed by atoms with Crippen LogP contribution in [0.3, 0.4) is 0 Å². The molecule has 0 amide bonds. The number of benzene rings is 2. The van der Waals surface area contributed by atoms with Gasteiger partial charge in [0.15, 0.2) is 0 Å². The predicted molar refractivity (Wildman–Crippen MR) is 94.4 cm³/mol. The van der Waals surface area contributed by atoms with E-state index in [0.29, 0.717) is 12.0 Å². The van der Waals surface area contributed by atoms with Gasteiger partial charge in [0.05, 0.1) is 22.1 Å². The minimum Gasteiger partial charge on any atom is -0.508 e. The second-order valence-corrected chi connectivity index (χ2v) is 9.51. The third kappa shape index (κ3) is 5.16. The van der Waals surface area contributed by atoms with Crippen LogP contribution in [0.15, 0.2) is 58.3 Å². The fraction of sp³-hybridized carbons (Fsp3) is 0.294. The zero-order valence-corrected chi connectivity index (χ0v) is 15.7. The second kappa shape index (κ2) is 7.70. The van der Waals surface area contributed by atoms with E-state index in [1.165, 1.54) is 48.5 Å². The van der Waals surface area contributed by atoms with E-state index in [0.717, 1.165) is 0 Å². The first kappa shape index (κ1) is 19.7. The fourth-order valence-electron chi connectivity index (χ4n) is 2.16. The van der Waals surface area contributed by atoms with Gasteiger partial charge < -0.3 is 14.5 Å². The van der Waals surface area contributed by atoms with Crippen molar-refractivity contribution in [2.45, 2.75) is 42.3 Å². The summed E-state index contributed by atoms with van der Waals surface area (Å²) < 4.78 is 42.2. The van der Waals surface area contributed by atoms with Crippen LogP contribution in [0.5, 0.6) is 5.75 Å². The minimum atomic E-state index is -3.78. The van der Waals surface area contributed by atoms with Crippen molar-refractivity contribution in [1.82, 2.24) is 0 Å². The molecule has 2 N–H and O–H groups in total. The van der Waals surface area contributed by atoms with Gasteiger partial charge in [-0.1, -0.05) is 19.1 Å². The Labute approximate surface area is 147 Å². The van der Waals surface area contributed by atoms with Gasteiger partial charge in [-0.2, -0.15) is 0 Å². The van der Waals surface area contributed by atoms with Gasteiger partial charge in [-0.3, -0.25) is 4.57 Å². The highest BCUT2D eigenvalue weighted by molar-refractivity contribution is 7.91. The number of hydrogen-bond acceptors (Lipinski definition) is 5. The van der Waals surface area contributed by atoms with Gasteiger partial charge in [-0.15, -0.1) is 0 Å². The summed E-state index contributed by atoms with van der Waals surface area (Å²) in [5.74, 6) is -0.0192. The molecule has 2 unspecified atom stereocenters. The summed E-state index contributed by atoms with van der Waals surface area (Å²) in [7, 11) is -7.50. The standard InChI is InChI=1S/C17H21O6PS/c1-3-13(2)23-24(19,20)12-14-4-8-16(9-5-14)25(21,22)17-10-6-15(18)7-11-17/h4-11,13,18H,3,12H2,1-2H3,(H,19,20). The molecule has 0 heterocycles. The number of phenolic OH excluding ortho intramolecular Hbond substituents is 1. The van der Waals surface area contributed by atoms with Crippen LogP contribution < -0.4 is 0 Å². The highest BCUT2D eigenvalue weighted by Gasteiger charge is 2.23. The van der Waals surface area contributed by atoms with Gasteiger partial charge in [0.1, 0.15) is 5.75 Å². The van der Waals surface area contributed by atoms with Gasteiger partial charge in [0, 0.05) is 0 Å². The summed E-state index contributed by atoms with van der Waals surface area (Å²) >= 11 is 0. The summed E-state index contributed by atoms with van der Waals surface area (Å²) in [6.07, 6.45) is 0.107. The highest BCUT2D eigenvalue weighted by Crippen LogP contribution is 2.47. The van der Waals surface area contributed by atoms with Crippen LogP contribution in [0.25, 0.3) is 0 Å². The van der Waals surface area contributed by atoms with Crippen molar-refractivity contribution in [1.29, 1.82) is 0 Å². The maximum Gasteiger partial charge on any atom is 0.332 e. The highest BCUT2D eigenvalue weighted by atomic mass is 32.2. The maximum absolute atomic E-state index is 12.5. The summed E-state index contributed by atoms with van der Waals surface area (Å²) in [5, 5.41) is 9.26. The first-order valence-corrected chi connectivity index (χ1v) is 11.0. The zero-order chi connectivity index (χ0) is 18.7. The molecule has 0 aromatic heterocycles. The zero-order valence-electron chi connectivity index (χ0n) is 14.0. The van der Waals surface area contributed by atoms with Crippen LogP contribution in [0.2, 0.25) is 0 Å². The monoisotopic (exact) mass is 384 g/mol. The fourth-order valence-corrected chi connectivity index (χ4v) is 4.88. The molecule has 0 fully saturated rings. The SMILES string of the molecule is CCC(C)OP(=O)(O)Cc1ccc(S(=O)(=O)c2ccc(O)cc2)cc1. The molecule has 6 nitrogen and oxygen atoms in total. The molecule has 8 heteroatoms. The lowest BCUT2D eigenvalue weighted by molar-refractivity contribution is 0.185. The Bertz CT molecular complexity index is 859. The van der Waals surface area contributed by atoms with Gasteiger partial charge in [-0.05, 0) is 55.3 Å². The molecule has 2 atom stereocenters. The molecule has 2 aromatic carbocycles. The minimum absolute atomic E-state index is 0.0192. The first-order valence-electron chi connectivity index (χ1n) is 7.77. The quantitative estimate of drug-likeness (QED) is 0.706. The first-order chi connectivity index (χ1) is 11.6. The van der Waals surface area contributed by atoms with E-state index < -0.39 is 17.4 Å². The van der Waals surface area contributed by atoms with Crippen molar-refractivity contribution in [2.75, 3.05) is 0 Å². The Hall–Kier alpha value is -1.66. The molecule has 2 rings (SSSR count). The molecule has 136 valence electrons. The van der Waals surface area contributed by atoms with Crippen LogP contribution in [0.4, 0.5) is 0 Å². The summed E-state index contributed by atoms with van der Waals surface area (Å²) in [5.41, 5.74) is 0.513. The second-order valence-electron chi connectivity index (χ2n) is 5.76. The number of hydrogen-bond donors (Lipinski definition) is 2.